The average Bonchev–Trinajstić information content (AvgIpc) is 3.92. The Morgan fingerprint density at radius 3 is 2.46 bits per heavy atom. The van der Waals surface area contributed by atoms with Crippen molar-refractivity contribution in [1.29, 1.82) is 0 Å². The molecule has 2 saturated heterocycles. The van der Waals surface area contributed by atoms with Crippen molar-refractivity contribution in [1.82, 2.24) is 29.3 Å². The minimum atomic E-state index is -2.40. The predicted octanol–water partition coefficient (Wildman–Crippen LogP) is 5.34. The van der Waals surface area contributed by atoms with Gasteiger partial charge in [0, 0.05) is 93.8 Å². The fourth-order valence-electron chi connectivity index (χ4n) is 7.20. The molecule has 3 aliphatic rings. The Morgan fingerprint density at radius 1 is 0.938 bits per heavy atom. The van der Waals surface area contributed by atoms with E-state index in [1.165, 1.54) is 6.07 Å². The van der Waals surface area contributed by atoms with E-state index in [1.807, 2.05) is 49.5 Å². The van der Waals surface area contributed by atoms with Gasteiger partial charge in [-0.05, 0) is 75.4 Å². The molecule has 4 aromatic heterocycles. The van der Waals surface area contributed by atoms with Crippen LogP contribution < -0.4 is 15.2 Å². The van der Waals surface area contributed by atoms with Gasteiger partial charge in [0.2, 0.25) is 0 Å². The molecule has 1 atom stereocenters. The van der Waals surface area contributed by atoms with Crippen molar-refractivity contribution in [2.24, 2.45) is 0 Å². The summed E-state index contributed by atoms with van der Waals surface area (Å²) in [6, 6.07) is 10.0. The summed E-state index contributed by atoms with van der Waals surface area (Å²) in [6.07, 6.45) is 7.27. The first-order chi connectivity index (χ1) is 23.2. The number of aryl methyl sites for hydroxylation is 2. The number of fused-ring (bicyclic) bond motifs is 1. The molecule has 0 unspecified atom stereocenters. The van der Waals surface area contributed by atoms with Gasteiger partial charge in [0.05, 0.1) is 23.8 Å². The largest absolute Gasteiger partial charge is 0.369 e. The molecule has 4 aromatic rings. The minimum absolute atomic E-state index is 0.180. The van der Waals surface area contributed by atoms with Crippen LogP contribution in [-0.4, -0.2) is 87.6 Å². The van der Waals surface area contributed by atoms with Crippen LogP contribution in [0.5, 0.6) is 0 Å². The third kappa shape index (κ3) is 7.19. The molecule has 1 saturated carbocycles. The lowest BCUT2D eigenvalue weighted by Crippen LogP contribution is -2.48. The van der Waals surface area contributed by atoms with Gasteiger partial charge in [-0.1, -0.05) is 0 Å². The maximum atomic E-state index is 15.8. The Balaban J connectivity index is 1.20. The molecule has 254 valence electrons. The molecule has 9 nitrogen and oxygen atoms in total. The third-order valence-corrected chi connectivity index (χ3v) is 9.92. The highest BCUT2D eigenvalue weighted by Gasteiger charge is 2.31. The second kappa shape index (κ2) is 13.8. The second-order valence-corrected chi connectivity index (χ2v) is 13.6. The Bertz CT molecular complexity index is 1800. The summed E-state index contributed by atoms with van der Waals surface area (Å²) in [5.41, 5.74) is 5.07. The molecule has 0 radical (unpaired) electrons. The summed E-state index contributed by atoms with van der Waals surface area (Å²) in [5.74, 6) is -0.372. The molecular weight excluding hydrogens is 617 g/mol. The van der Waals surface area contributed by atoms with Crippen LogP contribution in [0.4, 0.5) is 24.7 Å². The van der Waals surface area contributed by atoms with Gasteiger partial charge in [-0.3, -0.25) is 24.6 Å². The molecule has 0 bridgehead atoms. The van der Waals surface area contributed by atoms with Gasteiger partial charge in [-0.15, -0.1) is 0 Å². The molecule has 0 N–H and O–H groups in total. The number of hydrogen-bond acceptors (Lipinski definition) is 8. The molecule has 12 heteroatoms. The van der Waals surface area contributed by atoms with E-state index >= 15 is 4.39 Å². The number of alkyl halides is 2. The number of aromatic nitrogens is 4. The highest BCUT2D eigenvalue weighted by Crippen LogP contribution is 2.37. The van der Waals surface area contributed by atoms with Gasteiger partial charge < -0.3 is 14.4 Å². The topological polar surface area (TPSA) is 73.6 Å². The summed E-state index contributed by atoms with van der Waals surface area (Å²) in [7, 11) is 0. The molecule has 7 rings (SSSR count). The molecular formula is C36H43F3N8O. The number of piperidine rings is 1. The molecule has 3 fully saturated rings. The van der Waals surface area contributed by atoms with E-state index in [9.17, 15) is 13.6 Å². The molecule has 1 aliphatic carbocycles. The Morgan fingerprint density at radius 2 is 1.75 bits per heavy atom. The lowest BCUT2D eigenvalue weighted by molar-refractivity contribution is 0.0853. The van der Waals surface area contributed by atoms with Crippen LogP contribution in [0, 0.1) is 19.7 Å². The summed E-state index contributed by atoms with van der Waals surface area (Å²) in [6.45, 7) is 8.12. The SMILES string of the molecule is Cc1ccc(N2CCC[C@H](N(Cc3ccnc(C)c3)Cc3cn(C4CC4)c4nc(N5CCN(CC(F)F)CC5)c(F)cc4c3=O)C2)cn1. The van der Waals surface area contributed by atoms with Crippen LogP contribution in [0.1, 0.15) is 54.2 Å². The molecule has 0 spiro atoms. The number of piperazine rings is 1. The van der Waals surface area contributed by atoms with E-state index in [0.717, 1.165) is 61.4 Å². The second-order valence-electron chi connectivity index (χ2n) is 13.6. The summed E-state index contributed by atoms with van der Waals surface area (Å²) < 4.78 is 43.7. The smallest absolute Gasteiger partial charge is 0.251 e. The first kappa shape index (κ1) is 32.5. The van der Waals surface area contributed by atoms with E-state index in [-0.39, 0.29) is 35.3 Å². The van der Waals surface area contributed by atoms with Crippen molar-refractivity contribution in [2.75, 3.05) is 55.6 Å². The number of anilines is 2. The van der Waals surface area contributed by atoms with Gasteiger partial charge in [0.1, 0.15) is 5.65 Å². The number of nitrogens with zero attached hydrogens (tertiary/aromatic N) is 8. The first-order valence-corrected chi connectivity index (χ1v) is 17.0. The zero-order chi connectivity index (χ0) is 33.4. The Hall–Kier alpha value is -4.03. The standard InChI is InChI=1S/C36H43F3N8O/c1-24-5-6-29(18-41-24)45-11-3-4-30(22-45)46(19-26-9-10-40-25(2)16-26)20-27-21-47(28-7-8-28)35-31(34(27)48)17-32(37)36(42-35)44-14-12-43(13-15-44)23-33(38)39/h5-6,9-10,16-18,21,28,30,33H,3-4,7-8,11-15,19-20,22-23H2,1-2H3/t30-/m0/s1. The lowest BCUT2D eigenvalue weighted by Gasteiger charge is -2.40. The number of rotatable bonds is 10. The van der Waals surface area contributed by atoms with Gasteiger partial charge >= 0.3 is 0 Å². The maximum absolute atomic E-state index is 15.8. The van der Waals surface area contributed by atoms with Crippen LogP contribution in [0.2, 0.25) is 0 Å². The van der Waals surface area contributed by atoms with Crippen LogP contribution in [0.25, 0.3) is 11.0 Å². The predicted molar refractivity (Wildman–Crippen MR) is 181 cm³/mol. The van der Waals surface area contributed by atoms with Crippen LogP contribution in [0.3, 0.4) is 0 Å². The van der Waals surface area contributed by atoms with E-state index in [1.54, 1.807) is 4.90 Å². The summed E-state index contributed by atoms with van der Waals surface area (Å²) in [4.78, 5) is 36.1. The monoisotopic (exact) mass is 660 g/mol. The number of pyridine rings is 4. The summed E-state index contributed by atoms with van der Waals surface area (Å²) >= 11 is 0. The zero-order valence-corrected chi connectivity index (χ0v) is 27.7. The van der Waals surface area contributed by atoms with E-state index in [0.29, 0.717) is 50.5 Å². The normalized spacial score (nSPS) is 19.2. The van der Waals surface area contributed by atoms with Crippen molar-refractivity contribution in [2.45, 2.75) is 71.1 Å². The number of halogens is 3. The fourth-order valence-corrected chi connectivity index (χ4v) is 7.20. The van der Waals surface area contributed by atoms with Gasteiger partial charge in [0.15, 0.2) is 17.1 Å². The zero-order valence-electron chi connectivity index (χ0n) is 27.7. The molecule has 0 amide bonds. The van der Waals surface area contributed by atoms with E-state index in [2.05, 4.69) is 36.5 Å². The Kier molecular flexibility index (Phi) is 9.37. The van der Waals surface area contributed by atoms with Crippen molar-refractivity contribution in [3.8, 4) is 0 Å². The van der Waals surface area contributed by atoms with Gasteiger partial charge in [-0.25, -0.2) is 18.2 Å². The molecule has 0 aromatic carbocycles. The van der Waals surface area contributed by atoms with Crippen molar-refractivity contribution in [3.05, 3.63) is 87.5 Å². The highest BCUT2D eigenvalue weighted by atomic mass is 19.3. The van der Waals surface area contributed by atoms with Crippen molar-refractivity contribution >= 4 is 22.5 Å². The first-order valence-electron chi connectivity index (χ1n) is 17.0. The highest BCUT2D eigenvalue weighted by molar-refractivity contribution is 5.78. The van der Waals surface area contributed by atoms with Crippen LogP contribution in [-0.2, 0) is 13.1 Å². The Labute approximate surface area is 279 Å². The number of hydrogen-bond donors (Lipinski definition) is 0. The quantitative estimate of drug-likeness (QED) is 0.226. The molecule has 6 heterocycles. The molecule has 2 aliphatic heterocycles. The third-order valence-electron chi connectivity index (χ3n) is 9.92. The summed E-state index contributed by atoms with van der Waals surface area (Å²) in [5, 5.41) is 0.285. The van der Waals surface area contributed by atoms with Gasteiger partial charge in [0.25, 0.3) is 6.43 Å². The fraction of sp³-hybridized carbons (Fsp3) is 0.500. The van der Waals surface area contributed by atoms with E-state index in [4.69, 9.17) is 4.98 Å². The van der Waals surface area contributed by atoms with Gasteiger partial charge in [-0.2, -0.15) is 0 Å². The van der Waals surface area contributed by atoms with Crippen molar-refractivity contribution in [3.63, 3.8) is 0 Å². The lowest BCUT2D eigenvalue weighted by atomic mass is 10.0. The van der Waals surface area contributed by atoms with Crippen LogP contribution in [0.15, 0.2) is 53.7 Å². The average molecular weight is 661 g/mol. The minimum Gasteiger partial charge on any atom is -0.369 e. The maximum Gasteiger partial charge on any atom is 0.251 e. The molecule has 48 heavy (non-hydrogen) atoms. The van der Waals surface area contributed by atoms with Crippen molar-refractivity contribution < 1.29 is 13.2 Å². The van der Waals surface area contributed by atoms with E-state index < -0.39 is 12.2 Å². The van der Waals surface area contributed by atoms with Crippen LogP contribution >= 0.6 is 0 Å².